The molecule has 0 radical (unpaired) electrons. The van der Waals surface area contributed by atoms with Gasteiger partial charge in [0.1, 0.15) is 5.56 Å². The van der Waals surface area contributed by atoms with E-state index < -0.39 is 11.5 Å². The second-order valence-electron chi connectivity index (χ2n) is 5.97. The molecular weight excluding hydrogens is 284 g/mol. The molecule has 0 saturated heterocycles. The predicted octanol–water partition coefficient (Wildman–Crippen LogP) is 1.41. The molecule has 0 spiro atoms. The van der Waals surface area contributed by atoms with Crippen LogP contribution < -0.4 is 10.9 Å². The first kappa shape index (κ1) is 16.3. The van der Waals surface area contributed by atoms with Crippen LogP contribution in [0, 0.1) is 18.8 Å². The first-order chi connectivity index (χ1) is 10.4. The van der Waals surface area contributed by atoms with Crippen molar-refractivity contribution in [3.8, 4) is 0 Å². The summed E-state index contributed by atoms with van der Waals surface area (Å²) in [5.74, 6) is -0.729. The number of carbonyl (C=O) groups excluding carboxylic acids is 1. The van der Waals surface area contributed by atoms with Crippen LogP contribution in [0.1, 0.15) is 41.6 Å². The summed E-state index contributed by atoms with van der Waals surface area (Å²) in [6, 6.07) is 1.67. The van der Waals surface area contributed by atoms with E-state index in [9.17, 15) is 14.4 Å². The SMILES string of the molecule is CNC(=O)C1CCC(Cn2ccc(C)c(C(=O)O)c2=O)CC1. The fourth-order valence-electron chi connectivity index (χ4n) is 3.16. The number of pyridine rings is 1. The third-order valence-electron chi connectivity index (χ3n) is 4.51. The Morgan fingerprint density at radius 3 is 2.50 bits per heavy atom. The molecule has 1 aromatic rings. The van der Waals surface area contributed by atoms with Crippen molar-refractivity contribution >= 4 is 11.9 Å². The molecule has 22 heavy (non-hydrogen) atoms. The van der Waals surface area contributed by atoms with Crippen molar-refractivity contribution in [2.24, 2.45) is 11.8 Å². The second kappa shape index (κ2) is 6.77. The van der Waals surface area contributed by atoms with Crippen molar-refractivity contribution < 1.29 is 14.7 Å². The molecule has 1 heterocycles. The smallest absolute Gasteiger partial charge is 0.341 e. The van der Waals surface area contributed by atoms with Gasteiger partial charge in [-0.2, -0.15) is 0 Å². The van der Waals surface area contributed by atoms with Gasteiger partial charge in [-0.05, 0) is 50.2 Å². The molecule has 6 nitrogen and oxygen atoms in total. The van der Waals surface area contributed by atoms with E-state index in [0.29, 0.717) is 18.0 Å². The molecule has 0 bridgehead atoms. The van der Waals surface area contributed by atoms with E-state index in [2.05, 4.69) is 5.32 Å². The van der Waals surface area contributed by atoms with Gasteiger partial charge >= 0.3 is 5.97 Å². The Labute approximate surface area is 129 Å². The quantitative estimate of drug-likeness (QED) is 0.880. The first-order valence-corrected chi connectivity index (χ1v) is 7.59. The summed E-state index contributed by atoms with van der Waals surface area (Å²) >= 11 is 0. The van der Waals surface area contributed by atoms with Crippen LogP contribution in [0.2, 0.25) is 0 Å². The van der Waals surface area contributed by atoms with Gasteiger partial charge in [-0.15, -0.1) is 0 Å². The van der Waals surface area contributed by atoms with E-state index in [1.807, 2.05) is 0 Å². The van der Waals surface area contributed by atoms with Crippen molar-refractivity contribution in [3.05, 3.63) is 33.7 Å². The van der Waals surface area contributed by atoms with Gasteiger partial charge in [0.05, 0.1) is 0 Å². The van der Waals surface area contributed by atoms with Gasteiger partial charge in [0.15, 0.2) is 0 Å². The normalized spacial score (nSPS) is 21.4. The zero-order valence-corrected chi connectivity index (χ0v) is 13.0. The number of aromatic nitrogens is 1. The van der Waals surface area contributed by atoms with Crippen LogP contribution in [-0.4, -0.2) is 28.6 Å². The van der Waals surface area contributed by atoms with E-state index >= 15 is 0 Å². The fraction of sp³-hybridized carbons (Fsp3) is 0.562. The molecule has 2 N–H and O–H groups in total. The van der Waals surface area contributed by atoms with Gasteiger partial charge in [0.2, 0.25) is 5.91 Å². The number of rotatable bonds is 4. The van der Waals surface area contributed by atoms with Crippen molar-refractivity contribution in [3.63, 3.8) is 0 Å². The van der Waals surface area contributed by atoms with Crippen LogP contribution in [0.25, 0.3) is 0 Å². The van der Waals surface area contributed by atoms with Gasteiger partial charge in [-0.1, -0.05) is 0 Å². The number of carboxylic acids is 1. The van der Waals surface area contributed by atoms with Gasteiger partial charge in [0, 0.05) is 25.7 Å². The average molecular weight is 306 g/mol. The van der Waals surface area contributed by atoms with Crippen LogP contribution in [0.3, 0.4) is 0 Å². The molecule has 2 rings (SSSR count). The Balaban J connectivity index is 2.07. The van der Waals surface area contributed by atoms with E-state index in [0.717, 1.165) is 25.7 Å². The number of hydrogen-bond donors (Lipinski definition) is 2. The van der Waals surface area contributed by atoms with E-state index in [1.54, 1.807) is 26.2 Å². The lowest BCUT2D eigenvalue weighted by molar-refractivity contribution is -0.125. The third-order valence-corrected chi connectivity index (χ3v) is 4.51. The van der Waals surface area contributed by atoms with Gasteiger partial charge in [0.25, 0.3) is 5.56 Å². The summed E-state index contributed by atoms with van der Waals surface area (Å²) in [6.45, 7) is 2.14. The van der Waals surface area contributed by atoms with Crippen molar-refractivity contribution in [1.29, 1.82) is 0 Å². The standard InChI is InChI=1S/C16H22N2O4/c1-10-7-8-18(15(20)13(10)16(21)22)9-11-3-5-12(6-4-11)14(19)17-2/h7-8,11-12H,3-6,9H2,1-2H3,(H,17,19)(H,21,22). The highest BCUT2D eigenvalue weighted by Gasteiger charge is 2.26. The van der Waals surface area contributed by atoms with E-state index in [4.69, 9.17) is 5.11 Å². The van der Waals surface area contributed by atoms with E-state index in [-0.39, 0.29) is 17.4 Å². The Hall–Kier alpha value is -2.11. The first-order valence-electron chi connectivity index (χ1n) is 7.59. The third kappa shape index (κ3) is 3.37. The van der Waals surface area contributed by atoms with Gasteiger partial charge < -0.3 is 15.0 Å². The number of carboxylic acid groups (broad SMARTS) is 1. The molecule has 1 aromatic heterocycles. The highest BCUT2D eigenvalue weighted by molar-refractivity contribution is 5.88. The van der Waals surface area contributed by atoms with Gasteiger partial charge in [-0.3, -0.25) is 9.59 Å². The van der Waals surface area contributed by atoms with Crippen LogP contribution >= 0.6 is 0 Å². The highest BCUT2D eigenvalue weighted by atomic mass is 16.4. The second-order valence-corrected chi connectivity index (χ2v) is 5.97. The summed E-state index contributed by atoms with van der Waals surface area (Å²) < 4.78 is 1.49. The van der Waals surface area contributed by atoms with E-state index in [1.165, 1.54) is 4.57 Å². The van der Waals surface area contributed by atoms with Crippen LogP contribution in [0.15, 0.2) is 17.1 Å². The minimum Gasteiger partial charge on any atom is -0.477 e. The Kier molecular flexibility index (Phi) is 5.00. The topological polar surface area (TPSA) is 88.4 Å². The largest absolute Gasteiger partial charge is 0.477 e. The molecule has 0 aromatic carbocycles. The zero-order valence-electron chi connectivity index (χ0n) is 13.0. The maximum atomic E-state index is 12.2. The Morgan fingerprint density at radius 2 is 1.95 bits per heavy atom. The number of nitrogens with zero attached hydrogens (tertiary/aromatic N) is 1. The number of amides is 1. The maximum absolute atomic E-state index is 12.2. The molecule has 1 aliphatic rings. The number of aromatic carboxylic acids is 1. The molecule has 1 fully saturated rings. The van der Waals surface area contributed by atoms with Crippen LogP contribution in [0.5, 0.6) is 0 Å². The molecule has 0 unspecified atom stereocenters. The average Bonchev–Trinajstić information content (AvgIpc) is 2.50. The zero-order chi connectivity index (χ0) is 16.3. The van der Waals surface area contributed by atoms with Gasteiger partial charge in [-0.25, -0.2) is 4.79 Å². The monoisotopic (exact) mass is 306 g/mol. The number of hydrogen-bond acceptors (Lipinski definition) is 3. The number of aryl methyl sites for hydroxylation is 1. The molecule has 1 amide bonds. The molecule has 1 aliphatic carbocycles. The summed E-state index contributed by atoms with van der Waals surface area (Å²) in [5, 5.41) is 11.8. The molecule has 0 aliphatic heterocycles. The summed E-state index contributed by atoms with van der Waals surface area (Å²) in [4.78, 5) is 35.0. The fourth-order valence-corrected chi connectivity index (χ4v) is 3.16. The molecule has 1 saturated carbocycles. The lowest BCUT2D eigenvalue weighted by atomic mass is 9.81. The number of carbonyl (C=O) groups is 2. The summed E-state index contributed by atoms with van der Waals surface area (Å²) in [7, 11) is 1.65. The summed E-state index contributed by atoms with van der Waals surface area (Å²) in [6.07, 6.45) is 5.05. The maximum Gasteiger partial charge on any atom is 0.341 e. The Morgan fingerprint density at radius 1 is 1.32 bits per heavy atom. The lowest BCUT2D eigenvalue weighted by Crippen LogP contribution is -2.33. The van der Waals surface area contributed by atoms with Crippen LogP contribution in [0.4, 0.5) is 0 Å². The van der Waals surface area contributed by atoms with Crippen molar-refractivity contribution in [2.45, 2.75) is 39.2 Å². The summed E-state index contributed by atoms with van der Waals surface area (Å²) in [5.41, 5.74) is -0.112. The van der Waals surface area contributed by atoms with Crippen LogP contribution in [-0.2, 0) is 11.3 Å². The molecular formula is C16H22N2O4. The predicted molar refractivity (Wildman–Crippen MR) is 81.9 cm³/mol. The van der Waals surface area contributed by atoms with Crippen molar-refractivity contribution in [2.75, 3.05) is 7.05 Å². The highest BCUT2D eigenvalue weighted by Crippen LogP contribution is 2.29. The lowest BCUT2D eigenvalue weighted by Gasteiger charge is -2.27. The minimum absolute atomic E-state index is 0.0607. The Bertz CT molecular complexity index is 628. The number of nitrogens with one attached hydrogen (secondary N) is 1. The molecule has 6 heteroatoms. The molecule has 0 atom stereocenters. The minimum atomic E-state index is -1.18. The van der Waals surface area contributed by atoms with Crippen molar-refractivity contribution in [1.82, 2.24) is 9.88 Å². The molecule has 120 valence electrons.